The zero-order chi connectivity index (χ0) is 16.7. The molecule has 0 bridgehead atoms. The van der Waals surface area contributed by atoms with Crippen LogP contribution < -0.4 is 15.4 Å². The van der Waals surface area contributed by atoms with E-state index < -0.39 is 0 Å². The first-order chi connectivity index (χ1) is 11.1. The molecule has 1 aromatic carbocycles. The molecule has 0 spiro atoms. The number of aromatic nitrogens is 1. The second-order valence-corrected chi connectivity index (χ2v) is 6.43. The maximum absolute atomic E-state index is 5.24. The second kappa shape index (κ2) is 8.53. The number of aryl methyl sites for hydroxylation is 2. The van der Waals surface area contributed by atoms with Crippen molar-refractivity contribution in [1.29, 1.82) is 0 Å². The molecule has 0 aliphatic heterocycles. The quantitative estimate of drug-likeness (QED) is 0.631. The van der Waals surface area contributed by atoms with E-state index in [2.05, 4.69) is 27.5 Å². The minimum Gasteiger partial charge on any atom is -0.497 e. The Morgan fingerprint density at radius 1 is 1.30 bits per heavy atom. The average Bonchev–Trinajstić information content (AvgIpc) is 2.88. The lowest BCUT2D eigenvalue weighted by atomic mass is 10.2. The van der Waals surface area contributed by atoms with Crippen LogP contribution in [0.25, 0.3) is 0 Å². The van der Waals surface area contributed by atoms with Crippen LogP contribution in [-0.2, 0) is 13.1 Å². The molecule has 0 saturated carbocycles. The van der Waals surface area contributed by atoms with Crippen LogP contribution in [0.3, 0.4) is 0 Å². The minimum absolute atomic E-state index is 0.604. The summed E-state index contributed by atoms with van der Waals surface area (Å²) in [7, 11) is 1.67. The highest BCUT2D eigenvalue weighted by Gasteiger charge is 2.06. The zero-order valence-corrected chi connectivity index (χ0v) is 15.0. The van der Waals surface area contributed by atoms with Gasteiger partial charge in [-0.05, 0) is 38.5 Å². The van der Waals surface area contributed by atoms with Crippen molar-refractivity contribution in [3.05, 3.63) is 45.4 Å². The van der Waals surface area contributed by atoms with Gasteiger partial charge >= 0.3 is 0 Å². The lowest BCUT2D eigenvalue weighted by Gasteiger charge is -2.11. The van der Waals surface area contributed by atoms with E-state index in [1.165, 1.54) is 4.88 Å². The van der Waals surface area contributed by atoms with Gasteiger partial charge in [0.05, 0.1) is 30.9 Å². The van der Waals surface area contributed by atoms with Gasteiger partial charge in [-0.1, -0.05) is 12.1 Å². The third-order valence-electron chi connectivity index (χ3n) is 3.31. The van der Waals surface area contributed by atoms with E-state index >= 15 is 0 Å². The molecule has 0 saturated heterocycles. The maximum atomic E-state index is 5.24. The van der Waals surface area contributed by atoms with E-state index in [9.17, 15) is 0 Å². The summed E-state index contributed by atoms with van der Waals surface area (Å²) in [6.07, 6.45) is 0. The van der Waals surface area contributed by atoms with Gasteiger partial charge in [0, 0.05) is 11.4 Å². The van der Waals surface area contributed by atoms with E-state index in [0.717, 1.165) is 41.1 Å². The number of hydrogen-bond acceptors (Lipinski definition) is 4. The number of thiazole rings is 1. The minimum atomic E-state index is 0.604. The largest absolute Gasteiger partial charge is 0.497 e. The van der Waals surface area contributed by atoms with Crippen LogP contribution in [0.2, 0.25) is 0 Å². The molecule has 5 nitrogen and oxygen atoms in total. The molecule has 2 aromatic rings. The molecular weight excluding hydrogens is 308 g/mol. The van der Waals surface area contributed by atoms with E-state index in [1.807, 2.05) is 38.1 Å². The average molecular weight is 332 g/mol. The highest BCUT2D eigenvalue weighted by molar-refractivity contribution is 7.11. The van der Waals surface area contributed by atoms with Gasteiger partial charge in [0.2, 0.25) is 0 Å². The first kappa shape index (κ1) is 17.3. The molecule has 0 aliphatic carbocycles. The zero-order valence-electron chi connectivity index (χ0n) is 14.1. The highest BCUT2D eigenvalue weighted by Crippen LogP contribution is 2.16. The molecule has 1 heterocycles. The number of benzene rings is 1. The summed E-state index contributed by atoms with van der Waals surface area (Å²) in [6.45, 7) is 8.30. The number of ether oxygens (including phenoxy) is 1. The Balaban J connectivity index is 2.00. The van der Waals surface area contributed by atoms with Gasteiger partial charge in [-0.25, -0.2) is 9.98 Å². The Kier molecular flexibility index (Phi) is 6.40. The van der Waals surface area contributed by atoms with Crippen molar-refractivity contribution in [1.82, 2.24) is 15.6 Å². The van der Waals surface area contributed by atoms with Gasteiger partial charge in [0.25, 0.3) is 0 Å². The second-order valence-electron chi connectivity index (χ2n) is 5.14. The SMILES string of the molecule is CCNC(=NCc1cccc(OC)c1)NCc1sc(C)nc1C. The fraction of sp³-hybridized carbons (Fsp3) is 0.412. The first-order valence-corrected chi connectivity index (χ1v) is 8.52. The molecule has 2 rings (SSSR count). The fourth-order valence-corrected chi connectivity index (χ4v) is 3.06. The van der Waals surface area contributed by atoms with Crippen LogP contribution in [0.4, 0.5) is 0 Å². The monoisotopic (exact) mass is 332 g/mol. The van der Waals surface area contributed by atoms with Crippen molar-refractivity contribution >= 4 is 17.3 Å². The smallest absolute Gasteiger partial charge is 0.191 e. The van der Waals surface area contributed by atoms with Gasteiger partial charge in [0.15, 0.2) is 5.96 Å². The van der Waals surface area contributed by atoms with Crippen molar-refractivity contribution < 1.29 is 4.74 Å². The Bertz CT molecular complexity index is 666. The third-order valence-corrected chi connectivity index (χ3v) is 4.39. The van der Waals surface area contributed by atoms with E-state index in [1.54, 1.807) is 18.4 Å². The topological polar surface area (TPSA) is 58.5 Å². The van der Waals surface area contributed by atoms with Crippen LogP contribution in [0, 0.1) is 13.8 Å². The van der Waals surface area contributed by atoms with Crippen LogP contribution in [-0.4, -0.2) is 24.6 Å². The molecule has 2 N–H and O–H groups in total. The molecule has 0 radical (unpaired) electrons. The van der Waals surface area contributed by atoms with Crippen molar-refractivity contribution in [3.8, 4) is 5.75 Å². The molecule has 23 heavy (non-hydrogen) atoms. The third kappa shape index (κ3) is 5.25. The van der Waals surface area contributed by atoms with Gasteiger partial charge in [-0.15, -0.1) is 11.3 Å². The maximum Gasteiger partial charge on any atom is 0.191 e. The number of nitrogens with one attached hydrogen (secondary N) is 2. The lowest BCUT2D eigenvalue weighted by molar-refractivity contribution is 0.414. The molecule has 124 valence electrons. The van der Waals surface area contributed by atoms with Gasteiger partial charge in [0.1, 0.15) is 5.75 Å². The van der Waals surface area contributed by atoms with E-state index in [0.29, 0.717) is 6.54 Å². The van der Waals surface area contributed by atoms with E-state index in [-0.39, 0.29) is 0 Å². The van der Waals surface area contributed by atoms with Crippen LogP contribution >= 0.6 is 11.3 Å². The Labute approximate surface area is 141 Å². The summed E-state index contributed by atoms with van der Waals surface area (Å²) in [6, 6.07) is 7.97. The standard InChI is InChI=1S/C17H24N4OS/c1-5-18-17(20-11-16-12(2)21-13(3)23-16)19-10-14-7-6-8-15(9-14)22-4/h6-9H,5,10-11H2,1-4H3,(H2,18,19,20). The van der Waals surface area contributed by atoms with Gasteiger partial charge in [-0.3, -0.25) is 0 Å². The summed E-state index contributed by atoms with van der Waals surface area (Å²) in [4.78, 5) is 10.3. The van der Waals surface area contributed by atoms with Crippen LogP contribution in [0.15, 0.2) is 29.3 Å². The van der Waals surface area contributed by atoms with Crippen molar-refractivity contribution in [2.75, 3.05) is 13.7 Å². The molecule has 0 aliphatic rings. The Hall–Kier alpha value is -2.08. The molecule has 0 amide bonds. The van der Waals surface area contributed by atoms with Gasteiger partial charge in [-0.2, -0.15) is 0 Å². The van der Waals surface area contributed by atoms with Crippen molar-refractivity contribution in [3.63, 3.8) is 0 Å². The Morgan fingerprint density at radius 2 is 2.13 bits per heavy atom. The molecule has 0 fully saturated rings. The predicted molar refractivity (Wildman–Crippen MR) is 96.2 cm³/mol. The summed E-state index contributed by atoms with van der Waals surface area (Å²) in [5.41, 5.74) is 2.20. The van der Waals surface area contributed by atoms with Crippen molar-refractivity contribution in [2.45, 2.75) is 33.9 Å². The summed E-state index contributed by atoms with van der Waals surface area (Å²) in [5, 5.41) is 7.73. The number of aliphatic imine (C=N–C) groups is 1. The fourth-order valence-electron chi connectivity index (χ4n) is 2.18. The van der Waals surface area contributed by atoms with E-state index in [4.69, 9.17) is 4.74 Å². The lowest BCUT2D eigenvalue weighted by Crippen LogP contribution is -2.36. The molecule has 1 aromatic heterocycles. The van der Waals surface area contributed by atoms with Crippen molar-refractivity contribution in [2.24, 2.45) is 4.99 Å². The van der Waals surface area contributed by atoms with Crippen LogP contribution in [0.1, 0.15) is 28.1 Å². The number of rotatable bonds is 6. The number of methoxy groups -OCH3 is 1. The van der Waals surface area contributed by atoms with Crippen LogP contribution in [0.5, 0.6) is 5.75 Å². The number of hydrogen-bond donors (Lipinski definition) is 2. The molecule has 0 atom stereocenters. The predicted octanol–water partition coefficient (Wildman–Crippen LogP) is 3.02. The molecular formula is C17H24N4OS. The highest BCUT2D eigenvalue weighted by atomic mass is 32.1. The number of nitrogens with zero attached hydrogens (tertiary/aromatic N) is 2. The Morgan fingerprint density at radius 3 is 2.78 bits per heavy atom. The normalized spacial score (nSPS) is 11.4. The summed E-state index contributed by atoms with van der Waals surface area (Å²) < 4.78 is 5.24. The first-order valence-electron chi connectivity index (χ1n) is 7.70. The summed E-state index contributed by atoms with van der Waals surface area (Å²) in [5.74, 6) is 1.66. The van der Waals surface area contributed by atoms with Gasteiger partial charge < -0.3 is 15.4 Å². The summed E-state index contributed by atoms with van der Waals surface area (Å²) >= 11 is 1.72. The number of guanidine groups is 1. The molecule has 6 heteroatoms. The molecule has 0 unspecified atom stereocenters.